The second kappa shape index (κ2) is 9.87. The lowest BCUT2D eigenvalue weighted by atomic mass is 9.91. The van der Waals surface area contributed by atoms with Crippen molar-refractivity contribution in [3.05, 3.63) is 33.8 Å². The van der Waals surface area contributed by atoms with E-state index in [0.717, 1.165) is 5.56 Å². The van der Waals surface area contributed by atoms with Crippen LogP contribution in [0.2, 0.25) is 10.0 Å². The summed E-state index contributed by atoms with van der Waals surface area (Å²) in [6.45, 7) is 4.63. The summed E-state index contributed by atoms with van der Waals surface area (Å²) in [4.78, 5) is 24.4. The van der Waals surface area contributed by atoms with Gasteiger partial charge in [0.25, 0.3) is 0 Å². The first kappa shape index (κ1) is 20.7. The fourth-order valence-corrected chi connectivity index (χ4v) is 2.50. The van der Waals surface area contributed by atoms with E-state index in [4.69, 9.17) is 27.9 Å². The van der Waals surface area contributed by atoms with Crippen LogP contribution in [-0.4, -0.2) is 38.6 Å². The summed E-state index contributed by atoms with van der Waals surface area (Å²) in [6, 6.07) is 5.24. The zero-order valence-electron chi connectivity index (χ0n) is 14.2. The minimum atomic E-state index is -1.14. The molecule has 0 unspecified atom stereocenters. The molecular formula is C17H24Cl2N2O3. The zero-order valence-corrected chi connectivity index (χ0v) is 15.8. The van der Waals surface area contributed by atoms with E-state index < -0.39 is 5.41 Å². The minimum Gasteiger partial charge on any atom is -0.385 e. The van der Waals surface area contributed by atoms with Crippen LogP contribution < -0.4 is 10.6 Å². The first-order valence-corrected chi connectivity index (χ1v) is 8.54. The number of carbonyl (C=O) groups is 2. The number of amides is 2. The Morgan fingerprint density at radius 1 is 1.12 bits per heavy atom. The topological polar surface area (TPSA) is 67.4 Å². The van der Waals surface area contributed by atoms with Gasteiger partial charge in [0.05, 0.1) is 0 Å². The standard InChI is InChI=1S/C17H24Cl2N2O3/c1-17(2,15(22)20-8-4-10-24-3)16(23)21-9-7-12-5-6-13(18)11-14(12)19/h5-6,11H,4,7-10H2,1-3H3,(H,20,22)(H,21,23). The lowest BCUT2D eigenvalue weighted by molar-refractivity contribution is -0.141. The van der Waals surface area contributed by atoms with Crippen molar-refractivity contribution in [1.29, 1.82) is 0 Å². The molecule has 2 N–H and O–H groups in total. The molecule has 1 rings (SSSR count). The molecule has 1 aromatic carbocycles. The summed E-state index contributed by atoms with van der Waals surface area (Å²) < 4.78 is 4.92. The monoisotopic (exact) mass is 374 g/mol. The Bertz CT molecular complexity index is 577. The van der Waals surface area contributed by atoms with Crippen LogP contribution in [0.3, 0.4) is 0 Å². The van der Waals surface area contributed by atoms with Gasteiger partial charge in [-0.1, -0.05) is 29.3 Å². The number of methoxy groups -OCH3 is 1. The van der Waals surface area contributed by atoms with E-state index in [1.165, 1.54) is 0 Å². The minimum absolute atomic E-state index is 0.305. The van der Waals surface area contributed by atoms with Gasteiger partial charge in [0.2, 0.25) is 11.8 Å². The predicted octanol–water partition coefficient (Wildman–Crippen LogP) is 2.83. The molecule has 0 heterocycles. The Balaban J connectivity index is 2.46. The van der Waals surface area contributed by atoms with Gasteiger partial charge in [-0.05, 0) is 44.4 Å². The van der Waals surface area contributed by atoms with Gasteiger partial charge in [0, 0.05) is 36.9 Å². The maximum Gasteiger partial charge on any atom is 0.235 e. The first-order valence-electron chi connectivity index (χ1n) is 7.78. The number of carbonyl (C=O) groups excluding carboxylic acids is 2. The van der Waals surface area contributed by atoms with E-state index in [0.29, 0.717) is 42.6 Å². The third-order valence-corrected chi connectivity index (χ3v) is 4.23. The molecule has 0 aliphatic rings. The van der Waals surface area contributed by atoms with E-state index in [1.54, 1.807) is 33.1 Å². The molecule has 1 aromatic rings. The van der Waals surface area contributed by atoms with Crippen LogP contribution in [0.15, 0.2) is 18.2 Å². The van der Waals surface area contributed by atoms with E-state index in [1.807, 2.05) is 6.07 Å². The number of hydrogen-bond acceptors (Lipinski definition) is 3. The summed E-state index contributed by atoms with van der Waals surface area (Å²) in [6.07, 6.45) is 1.27. The van der Waals surface area contributed by atoms with Crippen molar-refractivity contribution in [2.24, 2.45) is 5.41 Å². The van der Waals surface area contributed by atoms with Gasteiger partial charge in [0.15, 0.2) is 0 Å². The summed E-state index contributed by atoms with van der Waals surface area (Å²) in [5.41, 5.74) is -0.250. The summed E-state index contributed by atoms with van der Waals surface area (Å²) >= 11 is 11.9. The number of hydrogen-bond donors (Lipinski definition) is 2. The number of rotatable bonds is 9. The molecule has 0 saturated heterocycles. The van der Waals surface area contributed by atoms with E-state index >= 15 is 0 Å². The first-order chi connectivity index (χ1) is 11.3. The van der Waals surface area contributed by atoms with Crippen LogP contribution >= 0.6 is 23.2 Å². The average Bonchev–Trinajstić information content (AvgIpc) is 2.53. The van der Waals surface area contributed by atoms with Crippen LogP contribution in [0.5, 0.6) is 0 Å². The van der Waals surface area contributed by atoms with Gasteiger partial charge in [-0.25, -0.2) is 0 Å². The van der Waals surface area contributed by atoms with Gasteiger partial charge >= 0.3 is 0 Å². The van der Waals surface area contributed by atoms with Gasteiger partial charge in [0.1, 0.15) is 5.41 Å². The van der Waals surface area contributed by atoms with E-state index in [-0.39, 0.29) is 11.8 Å². The molecule has 24 heavy (non-hydrogen) atoms. The van der Waals surface area contributed by atoms with E-state index in [2.05, 4.69) is 10.6 Å². The number of ether oxygens (including phenoxy) is 1. The molecule has 2 amide bonds. The average molecular weight is 375 g/mol. The molecule has 134 valence electrons. The lowest BCUT2D eigenvalue weighted by Gasteiger charge is -2.22. The smallest absolute Gasteiger partial charge is 0.235 e. The Hall–Kier alpha value is -1.30. The molecule has 5 nitrogen and oxygen atoms in total. The largest absolute Gasteiger partial charge is 0.385 e. The van der Waals surface area contributed by atoms with Crippen molar-refractivity contribution >= 4 is 35.0 Å². The normalized spacial score (nSPS) is 11.2. The van der Waals surface area contributed by atoms with Crippen molar-refractivity contribution < 1.29 is 14.3 Å². The van der Waals surface area contributed by atoms with Crippen LogP contribution in [0.25, 0.3) is 0 Å². The maximum atomic E-state index is 12.3. The Kier molecular flexibility index (Phi) is 8.53. The van der Waals surface area contributed by atoms with Gasteiger partial charge in [-0.15, -0.1) is 0 Å². The molecular weight excluding hydrogens is 351 g/mol. The highest BCUT2D eigenvalue weighted by molar-refractivity contribution is 6.35. The highest BCUT2D eigenvalue weighted by Crippen LogP contribution is 2.21. The summed E-state index contributed by atoms with van der Waals surface area (Å²) in [5.74, 6) is -0.627. The second-order valence-corrected chi connectivity index (χ2v) is 6.81. The van der Waals surface area contributed by atoms with Crippen molar-refractivity contribution in [2.75, 3.05) is 26.8 Å². The van der Waals surface area contributed by atoms with Crippen molar-refractivity contribution in [3.8, 4) is 0 Å². The highest BCUT2D eigenvalue weighted by Gasteiger charge is 2.35. The fourth-order valence-electron chi connectivity index (χ4n) is 2.00. The SMILES string of the molecule is COCCCNC(=O)C(C)(C)C(=O)NCCc1ccc(Cl)cc1Cl. The number of nitrogens with one attached hydrogen (secondary N) is 2. The van der Waals surface area contributed by atoms with Crippen LogP contribution in [-0.2, 0) is 20.7 Å². The van der Waals surface area contributed by atoms with Gasteiger partial charge < -0.3 is 15.4 Å². The van der Waals surface area contributed by atoms with Crippen molar-refractivity contribution in [1.82, 2.24) is 10.6 Å². The number of benzene rings is 1. The fraction of sp³-hybridized carbons (Fsp3) is 0.529. The lowest BCUT2D eigenvalue weighted by Crippen LogP contribution is -2.48. The second-order valence-electron chi connectivity index (χ2n) is 5.97. The molecule has 0 fully saturated rings. The molecule has 7 heteroatoms. The molecule has 0 bridgehead atoms. The third kappa shape index (κ3) is 6.30. The van der Waals surface area contributed by atoms with Gasteiger partial charge in [-0.2, -0.15) is 0 Å². The molecule has 0 aliphatic carbocycles. The summed E-state index contributed by atoms with van der Waals surface area (Å²) in [7, 11) is 1.60. The Morgan fingerprint density at radius 3 is 2.33 bits per heavy atom. The highest BCUT2D eigenvalue weighted by atomic mass is 35.5. The van der Waals surface area contributed by atoms with E-state index in [9.17, 15) is 9.59 Å². The molecule has 0 spiro atoms. The molecule has 0 saturated carbocycles. The maximum absolute atomic E-state index is 12.3. The molecule has 0 aliphatic heterocycles. The van der Waals surface area contributed by atoms with Crippen molar-refractivity contribution in [3.63, 3.8) is 0 Å². The Labute approximate surface area is 153 Å². The Morgan fingerprint density at radius 2 is 1.75 bits per heavy atom. The van der Waals surface area contributed by atoms with Gasteiger partial charge in [-0.3, -0.25) is 9.59 Å². The predicted molar refractivity (Wildman–Crippen MR) is 96.5 cm³/mol. The zero-order chi connectivity index (χ0) is 18.2. The third-order valence-electron chi connectivity index (χ3n) is 3.64. The molecule has 0 aromatic heterocycles. The van der Waals surface area contributed by atoms with Crippen LogP contribution in [0.4, 0.5) is 0 Å². The van der Waals surface area contributed by atoms with Crippen LogP contribution in [0, 0.1) is 5.41 Å². The number of halogens is 2. The van der Waals surface area contributed by atoms with Crippen molar-refractivity contribution in [2.45, 2.75) is 26.7 Å². The summed E-state index contributed by atoms with van der Waals surface area (Å²) in [5, 5.41) is 6.66. The molecule has 0 atom stereocenters. The van der Waals surface area contributed by atoms with Crippen LogP contribution in [0.1, 0.15) is 25.8 Å². The molecule has 0 radical (unpaired) electrons. The quantitative estimate of drug-likeness (QED) is 0.515.